The van der Waals surface area contributed by atoms with Crippen LogP contribution in [-0.4, -0.2) is 52.9 Å². The minimum atomic E-state index is -1.27. The molecule has 1 aliphatic carbocycles. The van der Waals surface area contributed by atoms with Crippen LogP contribution in [0.2, 0.25) is 0 Å². The predicted molar refractivity (Wildman–Crippen MR) is 166 cm³/mol. The van der Waals surface area contributed by atoms with Gasteiger partial charge in [-0.3, -0.25) is 14.4 Å². The fourth-order valence-electron chi connectivity index (χ4n) is 5.51. The van der Waals surface area contributed by atoms with E-state index < -0.39 is 42.0 Å². The summed E-state index contributed by atoms with van der Waals surface area (Å²) in [5, 5.41) is 5.80. The Bertz CT molecular complexity index is 1050. The van der Waals surface area contributed by atoms with Crippen molar-refractivity contribution in [2.24, 2.45) is 5.73 Å². The van der Waals surface area contributed by atoms with E-state index in [1.165, 1.54) is 0 Å². The Labute approximate surface area is 252 Å². The number of unbranched alkanes of at least 4 members (excludes halogenated alkanes) is 5. The summed E-state index contributed by atoms with van der Waals surface area (Å²) < 4.78 is 5.39. The zero-order valence-electron chi connectivity index (χ0n) is 26.7. The van der Waals surface area contributed by atoms with E-state index in [1.54, 1.807) is 25.7 Å². The van der Waals surface area contributed by atoms with Crippen LogP contribution in [0.1, 0.15) is 127 Å². The number of alkyl carbamates (subject to hydrolysis) is 1. The van der Waals surface area contributed by atoms with E-state index in [9.17, 15) is 19.2 Å². The van der Waals surface area contributed by atoms with Gasteiger partial charge in [0.25, 0.3) is 0 Å². The van der Waals surface area contributed by atoms with Gasteiger partial charge in [-0.05, 0) is 65.0 Å². The maximum atomic E-state index is 14.3. The molecule has 9 heteroatoms. The number of hydrogen-bond acceptors (Lipinski definition) is 5. The summed E-state index contributed by atoms with van der Waals surface area (Å²) >= 11 is 0. The molecule has 1 aliphatic rings. The van der Waals surface area contributed by atoms with Crippen LogP contribution >= 0.6 is 0 Å². The van der Waals surface area contributed by atoms with Crippen LogP contribution in [0, 0.1) is 13.8 Å². The molecule has 0 spiro atoms. The molecule has 2 atom stereocenters. The van der Waals surface area contributed by atoms with E-state index in [4.69, 9.17) is 10.5 Å². The largest absolute Gasteiger partial charge is 0.444 e. The third-order valence-corrected chi connectivity index (χ3v) is 7.67. The average Bonchev–Trinajstić information content (AvgIpc) is 2.90. The van der Waals surface area contributed by atoms with Crippen molar-refractivity contribution in [3.63, 3.8) is 0 Å². The summed E-state index contributed by atoms with van der Waals surface area (Å²) in [5.74, 6) is -1.51. The topological polar surface area (TPSA) is 131 Å². The number of ether oxygens (including phenoxy) is 1. The van der Waals surface area contributed by atoms with Gasteiger partial charge in [-0.2, -0.15) is 0 Å². The predicted octanol–water partition coefficient (Wildman–Crippen LogP) is 5.75. The normalized spacial score (nSPS) is 15.4. The molecule has 0 heterocycles. The second-order valence-corrected chi connectivity index (χ2v) is 12.8. The van der Waals surface area contributed by atoms with Gasteiger partial charge in [0.05, 0.1) is 6.42 Å². The molecule has 1 fully saturated rings. The molecule has 42 heavy (non-hydrogen) atoms. The van der Waals surface area contributed by atoms with E-state index >= 15 is 0 Å². The van der Waals surface area contributed by atoms with Gasteiger partial charge in [0.1, 0.15) is 17.7 Å². The third kappa shape index (κ3) is 12.0. The molecule has 0 saturated heterocycles. The van der Waals surface area contributed by atoms with Gasteiger partial charge in [0.2, 0.25) is 17.7 Å². The fourth-order valence-corrected chi connectivity index (χ4v) is 5.51. The van der Waals surface area contributed by atoms with Gasteiger partial charge in [0, 0.05) is 12.6 Å². The number of rotatable bonds is 15. The van der Waals surface area contributed by atoms with Crippen LogP contribution in [0.3, 0.4) is 0 Å². The Balaban J connectivity index is 2.50. The van der Waals surface area contributed by atoms with Crippen molar-refractivity contribution in [1.29, 1.82) is 0 Å². The molecule has 0 aromatic heterocycles. The lowest BCUT2D eigenvalue weighted by Crippen LogP contribution is -2.55. The highest BCUT2D eigenvalue weighted by atomic mass is 16.6. The lowest BCUT2D eigenvalue weighted by molar-refractivity contribution is -0.143. The first-order valence-electron chi connectivity index (χ1n) is 15.8. The first kappa shape index (κ1) is 35.1. The number of carbonyl (C=O) groups excluding carboxylic acids is 4. The van der Waals surface area contributed by atoms with Gasteiger partial charge >= 0.3 is 6.09 Å². The SMILES string of the molecule is CCCCCCCCN(C(=O)C(CC(N)=O)NC(=O)OC(C)(C)C)C(C(=O)NC1CCCCC1)c1cc(C)ccc1C. The van der Waals surface area contributed by atoms with Crippen LogP contribution in [0.25, 0.3) is 0 Å². The molecular formula is C33H54N4O5. The monoisotopic (exact) mass is 586 g/mol. The molecule has 1 saturated carbocycles. The number of amides is 4. The standard InChI is InChI=1S/C33H54N4O5/c1-7-8-9-10-11-15-20-37(31(40)27(22-28(34)38)36-32(41)42-33(4,5)6)29(26-21-23(2)18-19-24(26)3)30(39)35-25-16-13-12-14-17-25/h18-19,21,25,27,29H,7-17,20,22H2,1-6H3,(H2,34,38)(H,35,39)(H,36,41). The fraction of sp³-hybridized carbons (Fsp3) is 0.697. The summed E-state index contributed by atoms with van der Waals surface area (Å²) in [6, 6.07) is 3.74. The van der Waals surface area contributed by atoms with Crippen LogP contribution in [0.15, 0.2) is 18.2 Å². The number of hydrogen-bond donors (Lipinski definition) is 3. The van der Waals surface area contributed by atoms with Crippen LogP contribution in [-0.2, 0) is 19.1 Å². The van der Waals surface area contributed by atoms with Crippen molar-refractivity contribution < 1.29 is 23.9 Å². The van der Waals surface area contributed by atoms with E-state index in [0.29, 0.717) is 13.0 Å². The van der Waals surface area contributed by atoms with Gasteiger partial charge in [0.15, 0.2) is 0 Å². The second-order valence-electron chi connectivity index (χ2n) is 12.8. The average molecular weight is 587 g/mol. The Kier molecular flexibility index (Phi) is 14.3. The molecule has 2 unspecified atom stereocenters. The third-order valence-electron chi connectivity index (χ3n) is 7.67. The van der Waals surface area contributed by atoms with Crippen molar-refractivity contribution in [2.75, 3.05) is 6.54 Å². The van der Waals surface area contributed by atoms with E-state index in [2.05, 4.69) is 17.6 Å². The summed E-state index contributed by atoms with van der Waals surface area (Å²) in [4.78, 5) is 54.8. The van der Waals surface area contributed by atoms with Gasteiger partial charge < -0.3 is 26.0 Å². The Hall–Kier alpha value is -3.10. The zero-order valence-corrected chi connectivity index (χ0v) is 26.7. The summed E-state index contributed by atoms with van der Waals surface area (Å²) in [6.45, 7) is 11.5. The molecule has 4 amide bonds. The van der Waals surface area contributed by atoms with Crippen LogP contribution < -0.4 is 16.4 Å². The zero-order chi connectivity index (χ0) is 31.3. The Morgan fingerprint density at radius 2 is 1.64 bits per heavy atom. The summed E-state index contributed by atoms with van der Waals surface area (Å²) in [6.07, 6.45) is 9.84. The number of carbonyl (C=O) groups is 4. The first-order chi connectivity index (χ1) is 19.8. The van der Waals surface area contributed by atoms with E-state index in [-0.39, 0.29) is 11.9 Å². The maximum absolute atomic E-state index is 14.3. The minimum absolute atomic E-state index is 0.0474. The Morgan fingerprint density at radius 1 is 1.00 bits per heavy atom. The van der Waals surface area contributed by atoms with Crippen LogP contribution in [0.5, 0.6) is 0 Å². The number of nitrogens with one attached hydrogen (secondary N) is 2. The molecule has 0 bridgehead atoms. The number of primary amides is 1. The summed E-state index contributed by atoms with van der Waals surface area (Å²) in [7, 11) is 0. The number of nitrogens with zero attached hydrogens (tertiary/aromatic N) is 1. The first-order valence-corrected chi connectivity index (χ1v) is 15.8. The lowest BCUT2D eigenvalue weighted by Gasteiger charge is -2.36. The van der Waals surface area contributed by atoms with Crippen molar-refractivity contribution in [2.45, 2.75) is 142 Å². The molecule has 1 aromatic rings. The molecule has 0 radical (unpaired) electrons. The van der Waals surface area contributed by atoms with Gasteiger partial charge in [-0.15, -0.1) is 0 Å². The molecule has 4 N–H and O–H groups in total. The highest BCUT2D eigenvalue weighted by Crippen LogP contribution is 2.29. The maximum Gasteiger partial charge on any atom is 0.408 e. The summed E-state index contributed by atoms with van der Waals surface area (Å²) in [5.41, 5.74) is 7.32. The molecule has 2 rings (SSSR count). The molecule has 9 nitrogen and oxygen atoms in total. The molecule has 236 valence electrons. The molecule has 1 aromatic carbocycles. The number of aryl methyl sites for hydroxylation is 2. The van der Waals surface area contributed by atoms with E-state index in [0.717, 1.165) is 80.9 Å². The number of nitrogens with two attached hydrogens (primary N) is 1. The van der Waals surface area contributed by atoms with Gasteiger partial charge in [-0.1, -0.05) is 82.1 Å². The Morgan fingerprint density at radius 3 is 2.26 bits per heavy atom. The van der Waals surface area contributed by atoms with Crippen molar-refractivity contribution in [3.05, 3.63) is 34.9 Å². The second kappa shape index (κ2) is 17.1. The van der Waals surface area contributed by atoms with Gasteiger partial charge in [-0.25, -0.2) is 4.79 Å². The number of benzene rings is 1. The van der Waals surface area contributed by atoms with Crippen molar-refractivity contribution in [1.82, 2.24) is 15.5 Å². The molecule has 0 aliphatic heterocycles. The van der Waals surface area contributed by atoms with Crippen molar-refractivity contribution in [3.8, 4) is 0 Å². The molecular weight excluding hydrogens is 532 g/mol. The quantitative estimate of drug-likeness (QED) is 0.225. The van der Waals surface area contributed by atoms with E-state index in [1.807, 2.05) is 32.0 Å². The highest BCUT2D eigenvalue weighted by molar-refractivity contribution is 5.94. The smallest absolute Gasteiger partial charge is 0.408 e. The van der Waals surface area contributed by atoms with Crippen molar-refractivity contribution >= 4 is 23.8 Å². The van der Waals surface area contributed by atoms with Crippen LogP contribution in [0.4, 0.5) is 4.79 Å². The lowest BCUT2D eigenvalue weighted by atomic mass is 9.93. The highest BCUT2D eigenvalue weighted by Gasteiger charge is 2.38. The minimum Gasteiger partial charge on any atom is -0.444 e.